The van der Waals surface area contributed by atoms with E-state index in [-0.39, 0.29) is 11.7 Å². The molecular weight excluding hydrogens is 278 g/mol. The molecule has 21 heavy (non-hydrogen) atoms. The van der Waals surface area contributed by atoms with Gasteiger partial charge in [-0.1, -0.05) is 18.2 Å². The summed E-state index contributed by atoms with van der Waals surface area (Å²) in [4.78, 5) is 10.1. The molecule has 0 aliphatic rings. The highest BCUT2D eigenvalue weighted by atomic mass is 19.1. The number of hydrogen-bond donors (Lipinski definition) is 1. The third-order valence-electron chi connectivity index (χ3n) is 3.19. The molecule has 0 aliphatic carbocycles. The van der Waals surface area contributed by atoms with Crippen molar-refractivity contribution < 1.29 is 13.7 Å². The summed E-state index contributed by atoms with van der Waals surface area (Å²) in [6.45, 7) is 2.19. The fraction of sp³-hybridized carbons (Fsp3) is 0.200. The third kappa shape index (κ3) is 3.82. The SMILES string of the molecule is CC(NCc1ccc([N+](=O)[O-])cc1)c1ccc(F)cc1F. The average molecular weight is 292 g/mol. The van der Waals surface area contributed by atoms with Crippen LogP contribution in [0.1, 0.15) is 24.1 Å². The summed E-state index contributed by atoms with van der Waals surface area (Å²) in [5, 5.41) is 13.6. The average Bonchev–Trinajstić information content (AvgIpc) is 2.45. The molecule has 1 atom stereocenters. The van der Waals surface area contributed by atoms with Crippen LogP contribution in [0, 0.1) is 21.7 Å². The summed E-state index contributed by atoms with van der Waals surface area (Å²) < 4.78 is 26.5. The Morgan fingerprint density at radius 1 is 1.19 bits per heavy atom. The van der Waals surface area contributed by atoms with Crippen molar-refractivity contribution in [1.82, 2.24) is 5.32 Å². The Morgan fingerprint density at radius 3 is 2.43 bits per heavy atom. The van der Waals surface area contributed by atoms with Gasteiger partial charge in [0.1, 0.15) is 11.6 Å². The van der Waals surface area contributed by atoms with E-state index in [0.29, 0.717) is 12.1 Å². The van der Waals surface area contributed by atoms with Crippen molar-refractivity contribution in [3.63, 3.8) is 0 Å². The van der Waals surface area contributed by atoms with Crippen molar-refractivity contribution in [1.29, 1.82) is 0 Å². The number of nitro groups is 1. The van der Waals surface area contributed by atoms with Crippen LogP contribution in [0.15, 0.2) is 42.5 Å². The van der Waals surface area contributed by atoms with Crippen LogP contribution in [0.2, 0.25) is 0 Å². The van der Waals surface area contributed by atoms with E-state index < -0.39 is 16.6 Å². The van der Waals surface area contributed by atoms with Gasteiger partial charge < -0.3 is 5.32 Å². The van der Waals surface area contributed by atoms with E-state index in [0.717, 1.165) is 11.6 Å². The lowest BCUT2D eigenvalue weighted by molar-refractivity contribution is -0.384. The molecule has 0 fully saturated rings. The van der Waals surface area contributed by atoms with Gasteiger partial charge in [-0.3, -0.25) is 10.1 Å². The lowest BCUT2D eigenvalue weighted by Gasteiger charge is -2.15. The molecule has 6 heteroatoms. The van der Waals surface area contributed by atoms with Gasteiger partial charge in [-0.2, -0.15) is 0 Å². The van der Waals surface area contributed by atoms with E-state index in [1.165, 1.54) is 24.3 Å². The summed E-state index contributed by atoms with van der Waals surface area (Å²) in [7, 11) is 0. The first-order chi connectivity index (χ1) is 9.97. The maximum absolute atomic E-state index is 13.6. The van der Waals surface area contributed by atoms with E-state index in [2.05, 4.69) is 5.32 Å². The van der Waals surface area contributed by atoms with Gasteiger partial charge in [-0.15, -0.1) is 0 Å². The number of halogens is 2. The molecule has 1 N–H and O–H groups in total. The minimum atomic E-state index is -0.612. The zero-order valence-electron chi connectivity index (χ0n) is 11.3. The first-order valence-corrected chi connectivity index (χ1v) is 6.39. The van der Waals surface area contributed by atoms with Gasteiger partial charge in [-0.05, 0) is 18.6 Å². The van der Waals surface area contributed by atoms with Gasteiger partial charge in [0.25, 0.3) is 5.69 Å². The van der Waals surface area contributed by atoms with Crippen LogP contribution >= 0.6 is 0 Å². The number of hydrogen-bond acceptors (Lipinski definition) is 3. The Balaban J connectivity index is 2.00. The van der Waals surface area contributed by atoms with E-state index in [9.17, 15) is 18.9 Å². The zero-order chi connectivity index (χ0) is 15.4. The monoisotopic (exact) mass is 292 g/mol. The van der Waals surface area contributed by atoms with E-state index in [1.54, 1.807) is 19.1 Å². The van der Waals surface area contributed by atoms with Crippen LogP contribution in [0.3, 0.4) is 0 Å². The Bertz CT molecular complexity index is 645. The molecular formula is C15H14F2N2O2. The van der Waals surface area contributed by atoms with Gasteiger partial charge in [0.2, 0.25) is 0 Å². The lowest BCUT2D eigenvalue weighted by Crippen LogP contribution is -2.19. The third-order valence-corrected chi connectivity index (χ3v) is 3.19. The highest BCUT2D eigenvalue weighted by molar-refractivity contribution is 5.33. The van der Waals surface area contributed by atoms with Crippen LogP contribution in [-0.4, -0.2) is 4.92 Å². The van der Waals surface area contributed by atoms with E-state index in [1.807, 2.05) is 0 Å². The van der Waals surface area contributed by atoms with E-state index in [4.69, 9.17) is 0 Å². The molecule has 2 aromatic carbocycles. The van der Waals surface area contributed by atoms with Crippen molar-refractivity contribution in [3.8, 4) is 0 Å². The molecule has 2 aromatic rings. The topological polar surface area (TPSA) is 55.2 Å². The van der Waals surface area contributed by atoms with Crippen molar-refractivity contribution in [2.75, 3.05) is 0 Å². The Kier molecular flexibility index (Phi) is 4.59. The number of nitrogens with one attached hydrogen (secondary N) is 1. The van der Waals surface area contributed by atoms with Crippen molar-refractivity contribution >= 4 is 5.69 Å². The van der Waals surface area contributed by atoms with Gasteiger partial charge in [0, 0.05) is 36.3 Å². The largest absolute Gasteiger partial charge is 0.306 e. The van der Waals surface area contributed by atoms with Crippen LogP contribution in [0.25, 0.3) is 0 Å². The summed E-state index contributed by atoms with van der Waals surface area (Å²) >= 11 is 0. The second-order valence-corrected chi connectivity index (χ2v) is 4.69. The number of nitro benzene ring substituents is 1. The fourth-order valence-corrected chi connectivity index (χ4v) is 1.97. The molecule has 0 bridgehead atoms. The number of non-ortho nitro benzene ring substituents is 1. The second kappa shape index (κ2) is 6.41. The maximum atomic E-state index is 13.6. The highest BCUT2D eigenvalue weighted by Gasteiger charge is 2.11. The molecule has 0 spiro atoms. The smallest absolute Gasteiger partial charge is 0.269 e. The second-order valence-electron chi connectivity index (χ2n) is 4.69. The summed E-state index contributed by atoms with van der Waals surface area (Å²) in [5.74, 6) is -1.21. The van der Waals surface area contributed by atoms with Crippen molar-refractivity contribution in [3.05, 3.63) is 75.3 Å². The van der Waals surface area contributed by atoms with Crippen LogP contribution < -0.4 is 5.32 Å². The predicted molar refractivity (Wildman–Crippen MR) is 74.7 cm³/mol. The molecule has 0 saturated heterocycles. The molecule has 0 radical (unpaired) electrons. The molecule has 4 nitrogen and oxygen atoms in total. The van der Waals surface area contributed by atoms with Crippen LogP contribution in [0.5, 0.6) is 0 Å². The number of nitrogens with zero attached hydrogens (tertiary/aromatic N) is 1. The van der Waals surface area contributed by atoms with Gasteiger partial charge in [0.05, 0.1) is 4.92 Å². The lowest BCUT2D eigenvalue weighted by atomic mass is 10.1. The first-order valence-electron chi connectivity index (χ1n) is 6.39. The number of benzene rings is 2. The van der Waals surface area contributed by atoms with Crippen LogP contribution in [-0.2, 0) is 6.54 Å². The Morgan fingerprint density at radius 2 is 1.86 bits per heavy atom. The van der Waals surface area contributed by atoms with Gasteiger partial charge in [0.15, 0.2) is 0 Å². The summed E-state index contributed by atoms with van der Waals surface area (Å²) in [6.07, 6.45) is 0. The van der Waals surface area contributed by atoms with Crippen LogP contribution in [0.4, 0.5) is 14.5 Å². The highest BCUT2D eigenvalue weighted by Crippen LogP contribution is 2.18. The first kappa shape index (κ1) is 15.1. The normalized spacial score (nSPS) is 12.1. The zero-order valence-corrected chi connectivity index (χ0v) is 11.3. The molecule has 0 aliphatic heterocycles. The molecule has 0 aromatic heterocycles. The Labute approximate surface area is 120 Å². The molecule has 110 valence electrons. The Hall–Kier alpha value is -2.34. The van der Waals surface area contributed by atoms with Gasteiger partial charge >= 0.3 is 0 Å². The van der Waals surface area contributed by atoms with Crippen molar-refractivity contribution in [2.24, 2.45) is 0 Å². The number of rotatable bonds is 5. The van der Waals surface area contributed by atoms with E-state index >= 15 is 0 Å². The van der Waals surface area contributed by atoms with Gasteiger partial charge in [-0.25, -0.2) is 8.78 Å². The molecule has 2 rings (SSSR count). The molecule has 0 amide bonds. The molecule has 0 heterocycles. The minimum absolute atomic E-state index is 0.0244. The standard InChI is InChI=1S/C15H14F2N2O2/c1-10(14-7-4-12(16)8-15(14)17)18-9-11-2-5-13(6-3-11)19(20)21/h2-8,10,18H,9H2,1H3. The van der Waals surface area contributed by atoms with Crippen molar-refractivity contribution in [2.45, 2.75) is 19.5 Å². The summed E-state index contributed by atoms with van der Waals surface area (Å²) in [5.41, 5.74) is 1.24. The fourth-order valence-electron chi connectivity index (χ4n) is 1.97. The molecule has 1 unspecified atom stereocenters. The molecule has 0 saturated carbocycles. The quantitative estimate of drug-likeness (QED) is 0.675. The summed E-state index contributed by atoms with van der Waals surface area (Å²) in [6, 6.07) is 9.26. The minimum Gasteiger partial charge on any atom is -0.306 e. The maximum Gasteiger partial charge on any atom is 0.269 e. The predicted octanol–water partition coefficient (Wildman–Crippen LogP) is 3.72.